The van der Waals surface area contributed by atoms with Gasteiger partial charge in [-0.1, -0.05) is 30.3 Å². The minimum absolute atomic E-state index is 0.257. The summed E-state index contributed by atoms with van der Waals surface area (Å²) in [5.74, 6) is -1.59. The Hall–Kier alpha value is -1.90. The molecule has 7 nitrogen and oxygen atoms in total. The van der Waals surface area contributed by atoms with Crippen LogP contribution in [-0.2, 0) is 20.8 Å². The lowest BCUT2D eigenvalue weighted by Gasteiger charge is -2.24. The Kier molecular flexibility index (Phi) is 7.90. The van der Waals surface area contributed by atoms with Crippen LogP contribution >= 0.6 is 11.9 Å². The molecule has 0 radical (unpaired) electrons. The number of nitrogens with zero attached hydrogens (tertiary/aromatic N) is 1. The van der Waals surface area contributed by atoms with Crippen LogP contribution in [0, 0.1) is 0 Å². The number of carboxylic acids is 1. The Morgan fingerprint density at radius 1 is 1.25 bits per heavy atom. The third kappa shape index (κ3) is 6.31. The molecule has 0 heterocycles. The second-order valence-corrected chi connectivity index (χ2v) is 6.66. The lowest BCUT2D eigenvalue weighted by Crippen LogP contribution is -2.47. The highest BCUT2D eigenvalue weighted by atomic mass is 32.2. The fraction of sp³-hybridized carbons (Fsp3) is 0.438. The number of benzene rings is 1. The van der Waals surface area contributed by atoms with E-state index in [1.54, 1.807) is 14.0 Å². The number of aliphatic carboxylic acids is 1. The van der Waals surface area contributed by atoms with Gasteiger partial charge in [-0.15, -0.1) is 0 Å². The molecule has 24 heavy (non-hydrogen) atoms. The summed E-state index contributed by atoms with van der Waals surface area (Å²) >= 11 is 0.860. The molecule has 3 atom stereocenters. The van der Waals surface area contributed by atoms with Gasteiger partial charge < -0.3 is 16.2 Å². The molecule has 0 fully saturated rings. The van der Waals surface area contributed by atoms with Gasteiger partial charge in [-0.2, -0.15) is 0 Å². The SMILES string of the molecule is C[C@H](NC(=O)[C@H](C)N(C)SC(=O)[C@@H](N)Cc1ccccc1)C(=O)O. The number of carboxylic acid groups (broad SMARTS) is 1. The molecule has 0 aliphatic rings. The molecule has 0 saturated heterocycles. The van der Waals surface area contributed by atoms with Gasteiger partial charge in [0, 0.05) is 0 Å². The summed E-state index contributed by atoms with van der Waals surface area (Å²) in [7, 11) is 1.59. The average Bonchev–Trinajstić information content (AvgIpc) is 2.54. The van der Waals surface area contributed by atoms with E-state index in [1.165, 1.54) is 11.2 Å². The number of nitrogens with one attached hydrogen (secondary N) is 1. The maximum Gasteiger partial charge on any atom is 0.325 e. The third-order valence-electron chi connectivity index (χ3n) is 3.49. The fourth-order valence-electron chi connectivity index (χ4n) is 1.80. The van der Waals surface area contributed by atoms with Gasteiger partial charge in [-0.25, -0.2) is 4.31 Å². The number of hydrogen-bond acceptors (Lipinski definition) is 6. The predicted molar refractivity (Wildman–Crippen MR) is 93.2 cm³/mol. The Morgan fingerprint density at radius 3 is 2.38 bits per heavy atom. The molecule has 4 N–H and O–H groups in total. The minimum atomic E-state index is -1.12. The topological polar surface area (TPSA) is 113 Å². The van der Waals surface area contributed by atoms with Crippen molar-refractivity contribution in [2.24, 2.45) is 5.73 Å². The Balaban J connectivity index is 2.52. The molecule has 1 rings (SSSR count). The summed E-state index contributed by atoms with van der Waals surface area (Å²) in [6.07, 6.45) is 0.414. The van der Waals surface area contributed by atoms with Gasteiger partial charge in [0.2, 0.25) is 11.0 Å². The molecule has 8 heteroatoms. The van der Waals surface area contributed by atoms with E-state index in [1.807, 2.05) is 30.3 Å². The van der Waals surface area contributed by atoms with E-state index in [0.717, 1.165) is 17.5 Å². The van der Waals surface area contributed by atoms with E-state index in [9.17, 15) is 14.4 Å². The van der Waals surface area contributed by atoms with E-state index in [2.05, 4.69) is 5.32 Å². The van der Waals surface area contributed by atoms with Gasteiger partial charge in [0.25, 0.3) is 0 Å². The van der Waals surface area contributed by atoms with Gasteiger partial charge in [0.15, 0.2) is 0 Å². The molecular weight excluding hydrogens is 330 g/mol. The van der Waals surface area contributed by atoms with Crippen molar-refractivity contribution in [3.63, 3.8) is 0 Å². The number of nitrogens with two attached hydrogens (primary N) is 1. The standard InChI is InChI=1S/C16H23N3O4S/c1-10(15(21)22)18-14(20)11(2)19(3)24-16(23)13(17)9-12-7-5-4-6-8-12/h4-8,10-11,13H,9,17H2,1-3H3,(H,18,20)(H,21,22)/t10-,11-,13-/m0/s1. The smallest absolute Gasteiger partial charge is 0.325 e. The largest absolute Gasteiger partial charge is 0.480 e. The Bertz CT molecular complexity index is 582. The van der Waals surface area contributed by atoms with E-state index in [0.29, 0.717) is 6.42 Å². The van der Waals surface area contributed by atoms with Crippen molar-refractivity contribution in [2.45, 2.75) is 38.4 Å². The third-order valence-corrected chi connectivity index (χ3v) is 4.58. The molecule has 0 saturated carbocycles. The van der Waals surface area contributed by atoms with Crippen molar-refractivity contribution in [3.05, 3.63) is 35.9 Å². The average molecular weight is 353 g/mol. The van der Waals surface area contributed by atoms with Crippen molar-refractivity contribution in [1.29, 1.82) is 0 Å². The van der Waals surface area contributed by atoms with Crippen molar-refractivity contribution < 1.29 is 19.5 Å². The molecule has 0 unspecified atom stereocenters. The summed E-state index contributed by atoms with van der Waals surface area (Å²) in [6, 6.07) is 7.07. The van der Waals surface area contributed by atoms with E-state index in [-0.39, 0.29) is 5.12 Å². The second-order valence-electron chi connectivity index (χ2n) is 5.50. The number of amides is 1. The van der Waals surface area contributed by atoms with Crippen molar-refractivity contribution >= 4 is 28.9 Å². The highest BCUT2D eigenvalue weighted by Gasteiger charge is 2.26. The minimum Gasteiger partial charge on any atom is -0.480 e. The molecule has 132 valence electrons. The maximum atomic E-state index is 12.2. The molecule has 0 aliphatic carbocycles. The zero-order valence-corrected chi connectivity index (χ0v) is 14.7. The number of rotatable bonds is 8. The first-order valence-electron chi connectivity index (χ1n) is 7.49. The molecule has 0 aliphatic heterocycles. The van der Waals surface area contributed by atoms with Crippen LogP contribution in [0.5, 0.6) is 0 Å². The second kappa shape index (κ2) is 9.41. The van der Waals surface area contributed by atoms with E-state index < -0.39 is 30.0 Å². The van der Waals surface area contributed by atoms with Crippen LogP contribution in [0.3, 0.4) is 0 Å². The zero-order chi connectivity index (χ0) is 18.3. The molecule has 1 aromatic carbocycles. The lowest BCUT2D eigenvalue weighted by molar-refractivity contribution is -0.141. The lowest BCUT2D eigenvalue weighted by atomic mass is 10.1. The summed E-state index contributed by atoms with van der Waals surface area (Å²) in [4.78, 5) is 34.9. The Labute approximate surface area is 145 Å². The number of carbonyl (C=O) groups excluding carboxylic acids is 2. The summed E-state index contributed by atoms with van der Waals surface area (Å²) in [6.45, 7) is 2.97. The van der Waals surface area contributed by atoms with E-state index in [4.69, 9.17) is 10.8 Å². The Morgan fingerprint density at radius 2 is 1.83 bits per heavy atom. The first kappa shape index (κ1) is 20.1. The molecule has 0 spiro atoms. The normalized spacial score (nSPS) is 14.7. The monoisotopic (exact) mass is 353 g/mol. The first-order chi connectivity index (χ1) is 11.2. The van der Waals surface area contributed by atoms with Crippen molar-refractivity contribution in [1.82, 2.24) is 9.62 Å². The quantitative estimate of drug-likeness (QED) is 0.588. The molecular formula is C16H23N3O4S. The molecule has 1 aromatic rings. The van der Waals surface area contributed by atoms with Crippen LogP contribution < -0.4 is 11.1 Å². The highest BCUT2D eigenvalue weighted by molar-refractivity contribution is 8.11. The zero-order valence-electron chi connectivity index (χ0n) is 13.9. The van der Waals surface area contributed by atoms with Crippen molar-refractivity contribution in [2.75, 3.05) is 7.05 Å². The molecule has 1 amide bonds. The van der Waals surface area contributed by atoms with Crippen LogP contribution in [0.25, 0.3) is 0 Å². The maximum absolute atomic E-state index is 12.2. The number of likely N-dealkylation sites (N-methyl/N-ethyl adjacent to an activating group) is 1. The van der Waals surface area contributed by atoms with Crippen LogP contribution in [-0.4, -0.2) is 51.6 Å². The van der Waals surface area contributed by atoms with Gasteiger partial charge in [0.05, 0.1) is 12.1 Å². The van der Waals surface area contributed by atoms with Crippen LogP contribution in [0.4, 0.5) is 0 Å². The number of hydrogen-bond donors (Lipinski definition) is 3. The van der Waals surface area contributed by atoms with Crippen LogP contribution in [0.1, 0.15) is 19.4 Å². The van der Waals surface area contributed by atoms with Gasteiger partial charge in [-0.05, 0) is 44.8 Å². The highest BCUT2D eigenvalue weighted by Crippen LogP contribution is 2.16. The number of carbonyl (C=O) groups is 3. The van der Waals surface area contributed by atoms with E-state index >= 15 is 0 Å². The molecule has 0 bridgehead atoms. The predicted octanol–water partition coefficient (Wildman–Crippen LogP) is 0.641. The first-order valence-corrected chi connectivity index (χ1v) is 8.27. The van der Waals surface area contributed by atoms with Crippen molar-refractivity contribution in [3.8, 4) is 0 Å². The van der Waals surface area contributed by atoms with Crippen LogP contribution in [0.15, 0.2) is 30.3 Å². The summed E-state index contributed by atoms with van der Waals surface area (Å²) < 4.78 is 1.47. The van der Waals surface area contributed by atoms with Crippen LogP contribution in [0.2, 0.25) is 0 Å². The van der Waals surface area contributed by atoms with Gasteiger partial charge >= 0.3 is 5.97 Å². The van der Waals surface area contributed by atoms with Gasteiger partial charge in [-0.3, -0.25) is 14.4 Å². The molecule has 0 aromatic heterocycles. The van der Waals surface area contributed by atoms with Gasteiger partial charge in [0.1, 0.15) is 6.04 Å². The summed E-state index contributed by atoms with van der Waals surface area (Å²) in [5, 5.41) is 10.9. The summed E-state index contributed by atoms with van der Waals surface area (Å²) in [5.41, 5.74) is 6.88. The fourth-order valence-corrected chi connectivity index (χ4v) is 2.56.